The second-order valence-electron chi connectivity index (χ2n) is 7.56. The molecule has 1 aromatic heterocycles. The molecular formula is C24H22FN3O4. The number of carbonyl (C=O) groups is 3. The number of halogens is 1. The van der Waals surface area contributed by atoms with E-state index in [2.05, 4.69) is 5.32 Å². The van der Waals surface area contributed by atoms with Gasteiger partial charge < -0.3 is 19.5 Å². The quantitative estimate of drug-likeness (QED) is 0.679. The molecule has 0 atom stereocenters. The minimum absolute atomic E-state index is 0.151. The van der Waals surface area contributed by atoms with Gasteiger partial charge in [0.2, 0.25) is 0 Å². The molecule has 0 spiro atoms. The fourth-order valence-corrected chi connectivity index (χ4v) is 3.50. The number of amides is 3. The molecule has 0 aliphatic carbocycles. The Bertz CT molecular complexity index is 1130. The molecule has 3 amide bonds. The topological polar surface area (TPSA) is 82.9 Å². The van der Waals surface area contributed by atoms with Gasteiger partial charge in [0, 0.05) is 43.0 Å². The van der Waals surface area contributed by atoms with E-state index in [9.17, 15) is 18.8 Å². The highest BCUT2D eigenvalue weighted by atomic mass is 19.1. The van der Waals surface area contributed by atoms with Crippen molar-refractivity contribution in [2.75, 3.05) is 31.5 Å². The summed E-state index contributed by atoms with van der Waals surface area (Å²) in [5, 5.41) is 2.70. The molecule has 0 bridgehead atoms. The summed E-state index contributed by atoms with van der Waals surface area (Å²) in [7, 11) is 0. The molecule has 2 aromatic carbocycles. The van der Waals surface area contributed by atoms with E-state index in [0.29, 0.717) is 48.6 Å². The van der Waals surface area contributed by atoms with Crippen LogP contribution in [0.4, 0.5) is 10.1 Å². The summed E-state index contributed by atoms with van der Waals surface area (Å²) in [5.41, 5.74) is 1.83. The van der Waals surface area contributed by atoms with E-state index in [4.69, 9.17) is 4.42 Å². The van der Waals surface area contributed by atoms with Crippen molar-refractivity contribution in [3.63, 3.8) is 0 Å². The van der Waals surface area contributed by atoms with E-state index in [1.807, 2.05) is 0 Å². The third-order valence-electron chi connectivity index (χ3n) is 5.41. The smallest absolute Gasteiger partial charge is 0.291 e. The highest BCUT2D eigenvalue weighted by Gasteiger charge is 2.26. The minimum atomic E-state index is -0.409. The third kappa shape index (κ3) is 4.54. The molecule has 1 aliphatic rings. The van der Waals surface area contributed by atoms with Gasteiger partial charge in [0.15, 0.2) is 5.76 Å². The van der Waals surface area contributed by atoms with Crippen molar-refractivity contribution in [3.05, 3.63) is 89.1 Å². The van der Waals surface area contributed by atoms with Crippen LogP contribution in [0.2, 0.25) is 0 Å². The summed E-state index contributed by atoms with van der Waals surface area (Å²) in [5.74, 6) is -0.974. The molecule has 0 saturated carbocycles. The van der Waals surface area contributed by atoms with Gasteiger partial charge in [-0.25, -0.2) is 4.39 Å². The molecule has 164 valence electrons. The van der Waals surface area contributed by atoms with Crippen molar-refractivity contribution in [3.8, 4) is 0 Å². The summed E-state index contributed by atoms with van der Waals surface area (Å²) in [6.45, 7) is 3.16. The molecule has 1 fully saturated rings. The van der Waals surface area contributed by atoms with Crippen molar-refractivity contribution in [2.24, 2.45) is 0 Å². The summed E-state index contributed by atoms with van der Waals surface area (Å²) < 4.78 is 18.8. The molecule has 4 rings (SSSR count). The van der Waals surface area contributed by atoms with Gasteiger partial charge >= 0.3 is 0 Å². The number of nitrogens with one attached hydrogen (secondary N) is 1. The zero-order valence-electron chi connectivity index (χ0n) is 17.5. The lowest BCUT2D eigenvalue weighted by atomic mass is 10.1. The van der Waals surface area contributed by atoms with Crippen LogP contribution in [0, 0.1) is 12.7 Å². The van der Waals surface area contributed by atoms with Gasteiger partial charge in [-0.05, 0) is 61.0 Å². The van der Waals surface area contributed by atoms with Crippen molar-refractivity contribution in [2.45, 2.75) is 6.92 Å². The van der Waals surface area contributed by atoms with Gasteiger partial charge in [0.25, 0.3) is 17.7 Å². The molecule has 1 N–H and O–H groups in total. The fraction of sp³-hybridized carbons (Fsp3) is 0.208. The Morgan fingerprint density at radius 2 is 1.47 bits per heavy atom. The molecular weight excluding hydrogens is 413 g/mol. The van der Waals surface area contributed by atoms with E-state index in [1.165, 1.54) is 12.3 Å². The van der Waals surface area contributed by atoms with Crippen molar-refractivity contribution in [1.29, 1.82) is 0 Å². The Kier molecular flexibility index (Phi) is 6.02. The van der Waals surface area contributed by atoms with Gasteiger partial charge in [0.05, 0.1) is 6.26 Å². The van der Waals surface area contributed by atoms with E-state index >= 15 is 0 Å². The number of furan rings is 1. The van der Waals surface area contributed by atoms with Crippen LogP contribution in [0.3, 0.4) is 0 Å². The van der Waals surface area contributed by atoms with Gasteiger partial charge in [-0.2, -0.15) is 0 Å². The standard InChI is InChI=1S/C24H22FN3O4/c1-16-4-5-18(15-20(16)25)24(31)28-12-10-27(11-13-28)23(30)17-6-8-19(9-7-17)26-22(29)21-3-2-14-32-21/h2-9,14-15H,10-13H2,1H3,(H,26,29). The summed E-state index contributed by atoms with van der Waals surface area (Å²) in [6, 6.07) is 14.2. The average molecular weight is 435 g/mol. The van der Waals surface area contributed by atoms with Crippen molar-refractivity contribution >= 4 is 23.4 Å². The molecule has 1 aliphatic heterocycles. The van der Waals surface area contributed by atoms with E-state index < -0.39 is 5.82 Å². The maximum atomic E-state index is 13.8. The molecule has 32 heavy (non-hydrogen) atoms. The maximum absolute atomic E-state index is 13.8. The molecule has 7 nitrogen and oxygen atoms in total. The second kappa shape index (κ2) is 9.05. The first kappa shape index (κ1) is 21.3. The molecule has 3 aromatic rings. The number of carbonyl (C=O) groups excluding carboxylic acids is 3. The molecule has 0 radical (unpaired) electrons. The zero-order valence-corrected chi connectivity index (χ0v) is 17.5. The number of rotatable bonds is 4. The first-order valence-electron chi connectivity index (χ1n) is 10.2. The lowest BCUT2D eigenvalue weighted by molar-refractivity contribution is 0.0535. The molecule has 0 unspecified atom stereocenters. The van der Waals surface area contributed by atoms with Crippen LogP contribution < -0.4 is 5.32 Å². The first-order chi connectivity index (χ1) is 15.4. The van der Waals surface area contributed by atoms with Crippen LogP contribution in [-0.2, 0) is 0 Å². The Labute approximate surface area is 184 Å². The Morgan fingerprint density at radius 1 is 0.875 bits per heavy atom. The monoisotopic (exact) mass is 435 g/mol. The van der Waals surface area contributed by atoms with Gasteiger partial charge in [0.1, 0.15) is 5.82 Å². The van der Waals surface area contributed by atoms with E-state index in [1.54, 1.807) is 65.3 Å². The first-order valence-corrected chi connectivity index (χ1v) is 10.2. The predicted molar refractivity (Wildman–Crippen MR) is 116 cm³/mol. The largest absolute Gasteiger partial charge is 0.459 e. The summed E-state index contributed by atoms with van der Waals surface area (Å²) in [6.07, 6.45) is 1.42. The maximum Gasteiger partial charge on any atom is 0.291 e. The molecule has 8 heteroatoms. The number of hydrogen-bond acceptors (Lipinski definition) is 4. The number of anilines is 1. The van der Waals surface area contributed by atoms with Crippen LogP contribution in [-0.4, -0.2) is 53.7 Å². The van der Waals surface area contributed by atoms with Gasteiger partial charge in [-0.3, -0.25) is 14.4 Å². The highest BCUT2D eigenvalue weighted by molar-refractivity contribution is 6.02. The van der Waals surface area contributed by atoms with E-state index in [0.717, 1.165) is 0 Å². The fourth-order valence-electron chi connectivity index (χ4n) is 3.50. The number of aryl methyl sites for hydroxylation is 1. The van der Waals surface area contributed by atoms with Crippen molar-refractivity contribution < 1.29 is 23.2 Å². The second-order valence-corrected chi connectivity index (χ2v) is 7.56. The SMILES string of the molecule is Cc1ccc(C(=O)N2CCN(C(=O)c3ccc(NC(=O)c4ccco4)cc3)CC2)cc1F. The van der Waals surface area contributed by atoms with Gasteiger partial charge in [-0.15, -0.1) is 0 Å². The number of piperazine rings is 1. The lowest BCUT2D eigenvalue weighted by Gasteiger charge is -2.35. The van der Waals surface area contributed by atoms with E-state index in [-0.39, 0.29) is 23.5 Å². The van der Waals surface area contributed by atoms with Crippen LogP contribution in [0.1, 0.15) is 36.8 Å². The Balaban J connectivity index is 1.33. The number of nitrogens with zero attached hydrogens (tertiary/aromatic N) is 2. The van der Waals surface area contributed by atoms with Crippen molar-refractivity contribution in [1.82, 2.24) is 9.80 Å². The van der Waals surface area contributed by atoms with Crippen LogP contribution in [0.5, 0.6) is 0 Å². The van der Waals surface area contributed by atoms with Gasteiger partial charge in [-0.1, -0.05) is 6.07 Å². The highest BCUT2D eigenvalue weighted by Crippen LogP contribution is 2.16. The number of benzene rings is 2. The average Bonchev–Trinajstić information content (AvgIpc) is 3.36. The van der Waals surface area contributed by atoms with Crippen LogP contribution in [0.15, 0.2) is 65.3 Å². The Hall–Kier alpha value is -3.94. The normalized spacial score (nSPS) is 13.7. The zero-order chi connectivity index (χ0) is 22.7. The minimum Gasteiger partial charge on any atom is -0.459 e. The summed E-state index contributed by atoms with van der Waals surface area (Å²) >= 11 is 0. The summed E-state index contributed by atoms with van der Waals surface area (Å²) in [4.78, 5) is 40.8. The van der Waals surface area contributed by atoms with Crippen LogP contribution >= 0.6 is 0 Å². The Morgan fingerprint density at radius 3 is 2.03 bits per heavy atom. The molecule has 1 saturated heterocycles. The number of hydrogen-bond donors (Lipinski definition) is 1. The predicted octanol–water partition coefficient (Wildman–Crippen LogP) is 3.58. The lowest BCUT2D eigenvalue weighted by Crippen LogP contribution is -2.50. The molecule has 2 heterocycles. The third-order valence-corrected chi connectivity index (χ3v) is 5.41. The van der Waals surface area contributed by atoms with Crippen LogP contribution in [0.25, 0.3) is 0 Å².